The first kappa shape index (κ1) is 21.1. The van der Waals surface area contributed by atoms with Gasteiger partial charge in [-0.15, -0.1) is 0 Å². The number of nitrogens with zero attached hydrogens (tertiary/aromatic N) is 1. The van der Waals surface area contributed by atoms with Crippen molar-refractivity contribution in [3.63, 3.8) is 0 Å². The summed E-state index contributed by atoms with van der Waals surface area (Å²) >= 11 is 0. The molecule has 9 heteroatoms. The Labute approximate surface area is 150 Å². The van der Waals surface area contributed by atoms with E-state index in [1.54, 1.807) is 24.3 Å². The van der Waals surface area contributed by atoms with Gasteiger partial charge in [-0.25, -0.2) is 9.86 Å². The molecule has 0 unspecified atom stereocenters. The Kier molecular flexibility index (Phi) is 8.79. The molecule has 0 fully saturated rings. The summed E-state index contributed by atoms with van der Waals surface area (Å²) < 4.78 is 0. The number of unbranched alkanes of at least 4 members (excludes halogenated alkanes) is 1. The molecule has 5 N–H and O–H groups in total. The molecule has 0 spiro atoms. The van der Waals surface area contributed by atoms with Gasteiger partial charge in [0.15, 0.2) is 6.04 Å². The first-order chi connectivity index (χ1) is 12.3. The fourth-order valence-corrected chi connectivity index (χ4v) is 2.22. The Hall–Kier alpha value is -2.94. The zero-order chi connectivity index (χ0) is 19.5. The SMILES string of the molecule is NC(=O)CC[C@@H](C(=O)O)N(O)C(=O)CCCCC(=O)Nc1ccccc1. The number of rotatable bonds is 11. The minimum absolute atomic E-state index is 0.116. The maximum Gasteiger partial charge on any atom is 0.329 e. The fourth-order valence-electron chi connectivity index (χ4n) is 2.22. The molecule has 0 aliphatic rings. The number of hydroxylamine groups is 2. The van der Waals surface area contributed by atoms with E-state index >= 15 is 0 Å². The average molecular weight is 365 g/mol. The molecule has 9 nitrogen and oxygen atoms in total. The Balaban J connectivity index is 2.34. The van der Waals surface area contributed by atoms with Gasteiger partial charge in [0.25, 0.3) is 0 Å². The molecule has 1 atom stereocenters. The second kappa shape index (κ2) is 10.8. The van der Waals surface area contributed by atoms with Crippen LogP contribution in [0, 0.1) is 0 Å². The normalized spacial score (nSPS) is 11.4. The third-order valence-electron chi connectivity index (χ3n) is 3.60. The molecular formula is C17H23N3O6. The number of hydrogen-bond donors (Lipinski definition) is 4. The molecule has 1 aromatic carbocycles. The molecule has 0 saturated carbocycles. The van der Waals surface area contributed by atoms with Crippen molar-refractivity contribution in [1.82, 2.24) is 5.06 Å². The van der Waals surface area contributed by atoms with Crippen LogP contribution in [-0.2, 0) is 19.2 Å². The number of primary amides is 1. The van der Waals surface area contributed by atoms with Crippen molar-refractivity contribution in [3.05, 3.63) is 30.3 Å². The summed E-state index contributed by atoms with van der Waals surface area (Å²) in [6.07, 6.45) is 0.248. The van der Waals surface area contributed by atoms with Crippen molar-refractivity contribution < 1.29 is 29.5 Å². The van der Waals surface area contributed by atoms with Gasteiger partial charge >= 0.3 is 5.97 Å². The third-order valence-corrected chi connectivity index (χ3v) is 3.60. The van der Waals surface area contributed by atoms with Crippen molar-refractivity contribution >= 4 is 29.4 Å². The summed E-state index contributed by atoms with van der Waals surface area (Å²) in [6.45, 7) is 0. The largest absolute Gasteiger partial charge is 0.480 e. The quantitative estimate of drug-likeness (QED) is 0.262. The van der Waals surface area contributed by atoms with E-state index in [1.165, 1.54) is 0 Å². The molecule has 0 aliphatic heterocycles. The van der Waals surface area contributed by atoms with E-state index < -0.39 is 23.8 Å². The predicted octanol–water partition coefficient (Wildman–Crippen LogP) is 1.12. The van der Waals surface area contributed by atoms with Gasteiger partial charge in [-0.1, -0.05) is 18.2 Å². The Bertz CT molecular complexity index is 635. The lowest BCUT2D eigenvalue weighted by atomic mass is 10.1. The summed E-state index contributed by atoms with van der Waals surface area (Å²) in [6, 6.07) is 7.39. The van der Waals surface area contributed by atoms with E-state index in [1.807, 2.05) is 6.07 Å². The van der Waals surface area contributed by atoms with E-state index in [4.69, 9.17) is 10.8 Å². The van der Waals surface area contributed by atoms with E-state index in [-0.39, 0.29) is 36.7 Å². The summed E-state index contributed by atoms with van der Waals surface area (Å²) in [4.78, 5) is 45.4. The van der Waals surface area contributed by atoms with Crippen LogP contribution in [0.1, 0.15) is 38.5 Å². The highest BCUT2D eigenvalue weighted by molar-refractivity contribution is 5.90. The highest BCUT2D eigenvalue weighted by atomic mass is 16.5. The van der Waals surface area contributed by atoms with E-state index in [9.17, 15) is 24.4 Å². The topological polar surface area (TPSA) is 150 Å². The molecule has 0 bridgehead atoms. The van der Waals surface area contributed by atoms with Gasteiger partial charge in [-0.3, -0.25) is 19.6 Å². The lowest BCUT2D eigenvalue weighted by molar-refractivity contribution is -0.186. The van der Waals surface area contributed by atoms with Crippen LogP contribution in [0.15, 0.2) is 30.3 Å². The predicted molar refractivity (Wildman–Crippen MR) is 92.0 cm³/mol. The Morgan fingerprint density at radius 1 is 1.04 bits per heavy atom. The highest BCUT2D eigenvalue weighted by Gasteiger charge is 2.28. The number of hydrogen-bond acceptors (Lipinski definition) is 5. The monoisotopic (exact) mass is 365 g/mol. The summed E-state index contributed by atoms with van der Waals surface area (Å²) in [5, 5.41) is 21.6. The molecule has 1 rings (SSSR count). The van der Waals surface area contributed by atoms with Gasteiger partial charge in [0.05, 0.1) is 0 Å². The first-order valence-corrected chi connectivity index (χ1v) is 8.18. The number of benzene rings is 1. The number of nitrogens with two attached hydrogens (primary N) is 1. The summed E-state index contributed by atoms with van der Waals surface area (Å²) in [5.41, 5.74) is 5.62. The molecule has 0 heterocycles. The minimum atomic E-state index is -1.53. The van der Waals surface area contributed by atoms with Gasteiger partial charge in [0.1, 0.15) is 0 Å². The average Bonchev–Trinajstić information content (AvgIpc) is 2.58. The van der Waals surface area contributed by atoms with Crippen LogP contribution in [0.2, 0.25) is 0 Å². The molecule has 0 aliphatic carbocycles. The van der Waals surface area contributed by atoms with E-state index in [0.29, 0.717) is 18.5 Å². The van der Waals surface area contributed by atoms with Crippen molar-refractivity contribution in [2.24, 2.45) is 5.73 Å². The van der Waals surface area contributed by atoms with Crippen LogP contribution >= 0.6 is 0 Å². The lowest BCUT2D eigenvalue weighted by Gasteiger charge is -2.22. The first-order valence-electron chi connectivity index (χ1n) is 8.18. The third kappa shape index (κ3) is 7.75. The second-order valence-corrected chi connectivity index (χ2v) is 5.72. The molecular weight excluding hydrogens is 342 g/mol. The van der Waals surface area contributed by atoms with Crippen LogP contribution in [0.5, 0.6) is 0 Å². The number of carbonyl (C=O) groups is 4. The van der Waals surface area contributed by atoms with Crippen LogP contribution in [-0.4, -0.2) is 45.1 Å². The Morgan fingerprint density at radius 2 is 1.65 bits per heavy atom. The maximum absolute atomic E-state index is 11.9. The molecule has 3 amide bonds. The Morgan fingerprint density at radius 3 is 2.23 bits per heavy atom. The number of anilines is 1. The molecule has 0 aromatic heterocycles. The molecule has 0 saturated heterocycles. The minimum Gasteiger partial charge on any atom is -0.480 e. The zero-order valence-corrected chi connectivity index (χ0v) is 14.3. The van der Waals surface area contributed by atoms with Crippen molar-refractivity contribution in [3.8, 4) is 0 Å². The van der Waals surface area contributed by atoms with Crippen LogP contribution in [0.3, 0.4) is 0 Å². The molecule has 142 valence electrons. The summed E-state index contributed by atoms with van der Waals surface area (Å²) in [5.74, 6) is -3.13. The molecule has 0 radical (unpaired) electrons. The van der Waals surface area contributed by atoms with Crippen LogP contribution in [0.4, 0.5) is 5.69 Å². The van der Waals surface area contributed by atoms with Crippen molar-refractivity contribution in [2.45, 2.75) is 44.6 Å². The standard InChI is InChI=1S/C17H23N3O6/c18-14(21)11-10-13(17(24)25)20(26)16(23)9-5-4-8-15(22)19-12-6-2-1-3-7-12/h1-3,6-7,13,26H,4-5,8-11H2,(H2,18,21)(H,19,22)(H,24,25)/t13-/m0/s1. The van der Waals surface area contributed by atoms with E-state index in [0.717, 1.165) is 0 Å². The van der Waals surface area contributed by atoms with Gasteiger partial charge in [0, 0.05) is 24.9 Å². The lowest BCUT2D eigenvalue weighted by Crippen LogP contribution is -2.43. The molecule has 1 aromatic rings. The van der Waals surface area contributed by atoms with Crippen molar-refractivity contribution in [1.29, 1.82) is 0 Å². The van der Waals surface area contributed by atoms with E-state index in [2.05, 4.69) is 5.32 Å². The van der Waals surface area contributed by atoms with Crippen LogP contribution < -0.4 is 11.1 Å². The number of carboxylic acid groups (broad SMARTS) is 1. The van der Waals surface area contributed by atoms with Gasteiger partial charge in [0.2, 0.25) is 17.7 Å². The number of para-hydroxylation sites is 1. The summed E-state index contributed by atoms with van der Waals surface area (Å²) in [7, 11) is 0. The number of carbonyl (C=O) groups excluding carboxylic acids is 3. The zero-order valence-electron chi connectivity index (χ0n) is 14.3. The maximum atomic E-state index is 11.9. The number of carboxylic acids is 1. The smallest absolute Gasteiger partial charge is 0.329 e. The van der Waals surface area contributed by atoms with Gasteiger partial charge in [-0.05, 0) is 31.4 Å². The van der Waals surface area contributed by atoms with Gasteiger partial charge in [-0.2, -0.15) is 0 Å². The van der Waals surface area contributed by atoms with Gasteiger partial charge < -0.3 is 16.2 Å². The number of nitrogens with one attached hydrogen (secondary N) is 1. The second-order valence-electron chi connectivity index (χ2n) is 5.72. The van der Waals surface area contributed by atoms with Crippen LogP contribution in [0.25, 0.3) is 0 Å². The highest BCUT2D eigenvalue weighted by Crippen LogP contribution is 2.11. The van der Waals surface area contributed by atoms with Crippen molar-refractivity contribution in [2.75, 3.05) is 5.32 Å². The fraction of sp³-hybridized carbons (Fsp3) is 0.412. The number of aliphatic carboxylic acids is 1. The molecule has 26 heavy (non-hydrogen) atoms. The number of amides is 3.